The van der Waals surface area contributed by atoms with Gasteiger partial charge in [-0.1, -0.05) is 0 Å². The van der Waals surface area contributed by atoms with Gasteiger partial charge in [0.25, 0.3) is 0 Å². The monoisotopic (exact) mass is 239 g/mol. The number of Topliss-reactive ketones (excluding diaryl/α,β-unsaturated/α-hetero) is 1. The fourth-order valence-corrected chi connectivity index (χ4v) is 2.14. The lowest BCUT2D eigenvalue weighted by molar-refractivity contribution is 0.0890. The molecule has 0 saturated carbocycles. The summed E-state index contributed by atoms with van der Waals surface area (Å²) >= 11 is 0. The third-order valence-electron chi connectivity index (χ3n) is 3.22. The lowest BCUT2D eigenvalue weighted by Gasteiger charge is -2.21. The van der Waals surface area contributed by atoms with Gasteiger partial charge in [-0.2, -0.15) is 0 Å². The maximum Gasteiger partial charge on any atom is 0.169 e. The number of halogens is 2. The van der Waals surface area contributed by atoms with Crippen molar-refractivity contribution in [3.63, 3.8) is 0 Å². The molecule has 0 unspecified atom stereocenters. The second-order valence-electron chi connectivity index (χ2n) is 4.47. The Morgan fingerprint density at radius 2 is 1.88 bits per heavy atom. The number of hydrogen-bond donors (Lipinski definition) is 1. The summed E-state index contributed by atoms with van der Waals surface area (Å²) in [6.45, 7) is 3.00. The van der Waals surface area contributed by atoms with E-state index in [4.69, 9.17) is 0 Å². The van der Waals surface area contributed by atoms with E-state index in [9.17, 15) is 13.6 Å². The zero-order valence-electron chi connectivity index (χ0n) is 9.72. The number of nitrogens with one attached hydrogen (secondary N) is 1. The molecule has 1 aromatic carbocycles. The van der Waals surface area contributed by atoms with Gasteiger partial charge >= 0.3 is 0 Å². The van der Waals surface area contributed by atoms with Crippen molar-refractivity contribution in [2.75, 3.05) is 13.1 Å². The summed E-state index contributed by atoms with van der Waals surface area (Å²) in [5.74, 6) is -1.60. The van der Waals surface area contributed by atoms with Crippen molar-refractivity contribution in [3.05, 3.63) is 34.9 Å². The van der Waals surface area contributed by atoms with Crippen LogP contribution in [0.3, 0.4) is 0 Å². The Kier molecular flexibility index (Phi) is 3.52. The van der Waals surface area contributed by atoms with Gasteiger partial charge in [-0.25, -0.2) is 8.78 Å². The lowest BCUT2D eigenvalue weighted by atomic mass is 9.89. The first-order valence-corrected chi connectivity index (χ1v) is 5.80. The van der Waals surface area contributed by atoms with Gasteiger partial charge in [0, 0.05) is 5.92 Å². The third kappa shape index (κ3) is 2.52. The normalized spacial score (nSPS) is 17.1. The van der Waals surface area contributed by atoms with Crippen molar-refractivity contribution in [1.29, 1.82) is 0 Å². The van der Waals surface area contributed by atoms with Crippen molar-refractivity contribution >= 4 is 5.78 Å². The van der Waals surface area contributed by atoms with E-state index in [1.807, 2.05) is 0 Å². The van der Waals surface area contributed by atoms with E-state index < -0.39 is 11.6 Å². The number of hydrogen-bond acceptors (Lipinski definition) is 2. The Morgan fingerprint density at radius 1 is 1.24 bits per heavy atom. The minimum atomic E-state index is -0.618. The summed E-state index contributed by atoms with van der Waals surface area (Å²) in [6, 6.07) is 2.11. The number of piperidine rings is 1. The molecule has 1 fully saturated rings. The lowest BCUT2D eigenvalue weighted by Crippen LogP contribution is -2.32. The van der Waals surface area contributed by atoms with Crippen LogP contribution in [0.5, 0.6) is 0 Å². The molecule has 0 radical (unpaired) electrons. The number of aryl methyl sites for hydroxylation is 1. The van der Waals surface area contributed by atoms with E-state index in [0.717, 1.165) is 25.2 Å². The van der Waals surface area contributed by atoms with Crippen LogP contribution in [0.25, 0.3) is 0 Å². The van der Waals surface area contributed by atoms with Crippen LogP contribution in [-0.2, 0) is 0 Å². The Hall–Kier alpha value is -1.29. The van der Waals surface area contributed by atoms with E-state index in [1.54, 1.807) is 0 Å². The van der Waals surface area contributed by atoms with Gasteiger partial charge in [-0.05, 0) is 50.6 Å². The van der Waals surface area contributed by atoms with Crippen molar-refractivity contribution in [2.24, 2.45) is 5.92 Å². The Bertz CT molecular complexity index is 439. The van der Waals surface area contributed by atoms with Gasteiger partial charge in [0.1, 0.15) is 11.6 Å². The first-order valence-electron chi connectivity index (χ1n) is 5.80. The van der Waals surface area contributed by atoms with Crippen LogP contribution in [0.15, 0.2) is 12.1 Å². The number of carbonyl (C=O) groups excluding carboxylic acids is 1. The standard InChI is InChI=1S/C13H15F2NO/c1-8-6-12(15)10(7-11(8)14)13(17)9-2-4-16-5-3-9/h6-7,9,16H,2-5H2,1H3. The molecule has 0 spiro atoms. The molecule has 0 amide bonds. The second kappa shape index (κ2) is 4.92. The van der Waals surface area contributed by atoms with E-state index in [-0.39, 0.29) is 22.8 Å². The quantitative estimate of drug-likeness (QED) is 0.803. The predicted octanol–water partition coefficient (Wildman–Crippen LogP) is 2.46. The summed E-state index contributed by atoms with van der Waals surface area (Å²) < 4.78 is 27.0. The molecule has 1 aromatic rings. The highest BCUT2D eigenvalue weighted by Crippen LogP contribution is 2.22. The number of carbonyl (C=O) groups is 1. The zero-order chi connectivity index (χ0) is 12.4. The van der Waals surface area contributed by atoms with E-state index in [1.165, 1.54) is 6.92 Å². The van der Waals surface area contributed by atoms with Crippen LogP contribution < -0.4 is 5.32 Å². The van der Waals surface area contributed by atoms with E-state index in [0.29, 0.717) is 12.8 Å². The molecule has 4 heteroatoms. The highest BCUT2D eigenvalue weighted by molar-refractivity contribution is 5.98. The molecule has 0 atom stereocenters. The fraction of sp³-hybridized carbons (Fsp3) is 0.462. The maximum atomic E-state index is 13.6. The molecule has 0 bridgehead atoms. The molecule has 2 rings (SSSR count). The topological polar surface area (TPSA) is 29.1 Å². The highest BCUT2D eigenvalue weighted by atomic mass is 19.1. The molecule has 1 aliphatic rings. The summed E-state index contributed by atoms with van der Waals surface area (Å²) in [7, 11) is 0. The minimum Gasteiger partial charge on any atom is -0.317 e. The SMILES string of the molecule is Cc1cc(F)c(C(=O)C2CCNCC2)cc1F. The molecule has 1 N–H and O–H groups in total. The van der Waals surface area contributed by atoms with Crippen LogP contribution in [-0.4, -0.2) is 18.9 Å². The summed E-state index contributed by atoms with van der Waals surface area (Å²) in [5, 5.41) is 3.14. The maximum absolute atomic E-state index is 13.6. The molecular weight excluding hydrogens is 224 g/mol. The van der Waals surface area contributed by atoms with Crippen molar-refractivity contribution in [1.82, 2.24) is 5.32 Å². The van der Waals surface area contributed by atoms with Crippen molar-refractivity contribution in [2.45, 2.75) is 19.8 Å². The molecule has 0 aliphatic carbocycles. The van der Waals surface area contributed by atoms with Crippen molar-refractivity contribution in [3.8, 4) is 0 Å². The first-order chi connectivity index (χ1) is 8.09. The third-order valence-corrected chi connectivity index (χ3v) is 3.22. The molecule has 17 heavy (non-hydrogen) atoms. The van der Waals surface area contributed by atoms with E-state index >= 15 is 0 Å². The first kappa shape index (κ1) is 12.2. The molecule has 2 nitrogen and oxygen atoms in total. The van der Waals surface area contributed by atoms with Gasteiger partial charge < -0.3 is 5.32 Å². The van der Waals surface area contributed by atoms with Gasteiger partial charge in [-0.3, -0.25) is 4.79 Å². The van der Waals surface area contributed by atoms with Crippen LogP contribution in [0.1, 0.15) is 28.8 Å². The van der Waals surface area contributed by atoms with Gasteiger partial charge in [0.15, 0.2) is 5.78 Å². The number of rotatable bonds is 2. The van der Waals surface area contributed by atoms with Gasteiger partial charge in [-0.15, -0.1) is 0 Å². The molecule has 0 aromatic heterocycles. The van der Waals surface area contributed by atoms with Crippen molar-refractivity contribution < 1.29 is 13.6 Å². The molecule has 1 saturated heterocycles. The Labute approximate surface area is 99.0 Å². The number of benzene rings is 1. The summed E-state index contributed by atoms with van der Waals surface area (Å²) in [6.07, 6.45) is 1.38. The average Bonchev–Trinajstić information content (AvgIpc) is 2.34. The predicted molar refractivity (Wildman–Crippen MR) is 61.0 cm³/mol. The van der Waals surface area contributed by atoms with Crippen LogP contribution in [0.2, 0.25) is 0 Å². The smallest absolute Gasteiger partial charge is 0.169 e. The van der Waals surface area contributed by atoms with Crippen LogP contribution >= 0.6 is 0 Å². The highest BCUT2D eigenvalue weighted by Gasteiger charge is 2.25. The second-order valence-corrected chi connectivity index (χ2v) is 4.47. The van der Waals surface area contributed by atoms with E-state index in [2.05, 4.69) is 5.32 Å². The largest absolute Gasteiger partial charge is 0.317 e. The molecule has 1 heterocycles. The zero-order valence-corrected chi connectivity index (χ0v) is 9.72. The Balaban J connectivity index is 2.26. The van der Waals surface area contributed by atoms with Crippen LogP contribution in [0.4, 0.5) is 8.78 Å². The molecule has 1 aliphatic heterocycles. The Morgan fingerprint density at radius 3 is 2.53 bits per heavy atom. The fourth-order valence-electron chi connectivity index (χ4n) is 2.14. The van der Waals surface area contributed by atoms with Crippen LogP contribution in [0, 0.1) is 24.5 Å². The average molecular weight is 239 g/mol. The van der Waals surface area contributed by atoms with Gasteiger partial charge in [0.2, 0.25) is 0 Å². The summed E-state index contributed by atoms with van der Waals surface area (Å²) in [4.78, 5) is 12.0. The van der Waals surface area contributed by atoms with Gasteiger partial charge in [0.05, 0.1) is 5.56 Å². The number of ketones is 1. The molecular formula is C13H15F2NO. The molecule has 92 valence electrons. The summed E-state index contributed by atoms with van der Waals surface area (Å²) in [5.41, 5.74) is 0.115. The minimum absolute atomic E-state index is 0.111.